The smallest absolute Gasteiger partial charge is 0.337 e. The molecule has 0 aliphatic heterocycles. The zero-order valence-electron chi connectivity index (χ0n) is 10.5. The van der Waals surface area contributed by atoms with Crippen LogP contribution in [0, 0.1) is 5.41 Å². The topological polar surface area (TPSA) is 132 Å². The minimum absolute atomic E-state index is 0.0294. The Morgan fingerprint density at radius 1 is 0.947 bits per heavy atom. The van der Waals surface area contributed by atoms with Gasteiger partial charge in [0.15, 0.2) is 5.60 Å². The van der Waals surface area contributed by atoms with Crippen molar-refractivity contribution in [3.05, 3.63) is 0 Å². The summed E-state index contributed by atoms with van der Waals surface area (Å²) in [5, 5.41) is 37.6. The summed E-state index contributed by atoms with van der Waals surface area (Å²) in [5.41, 5.74) is -4.72. The first-order valence-electron chi connectivity index (χ1n) is 6.17. The molecule has 0 amide bonds. The standard InChI is InChI=1S/C12H18O7/c13-8(14)7-12(19,10(17)18)11(9(15)16)5-3-1-2-4-6-11/h19H,1-7H2,(H,13,14)(H,15,16)(H,17,18). The molecule has 7 heteroatoms. The lowest BCUT2D eigenvalue weighted by atomic mass is 9.65. The van der Waals surface area contributed by atoms with Gasteiger partial charge in [-0.15, -0.1) is 0 Å². The number of carboxylic acids is 3. The zero-order valence-corrected chi connectivity index (χ0v) is 10.5. The largest absolute Gasteiger partial charge is 0.481 e. The van der Waals surface area contributed by atoms with Crippen molar-refractivity contribution in [3.63, 3.8) is 0 Å². The zero-order chi connectivity index (χ0) is 14.7. The molecule has 1 saturated carbocycles. The maximum absolute atomic E-state index is 11.5. The van der Waals surface area contributed by atoms with Crippen molar-refractivity contribution in [2.45, 2.75) is 50.5 Å². The predicted octanol–water partition coefficient (Wildman–Crippen LogP) is 0.702. The minimum Gasteiger partial charge on any atom is -0.481 e. The first-order chi connectivity index (χ1) is 8.76. The summed E-state index contributed by atoms with van der Waals surface area (Å²) in [6.45, 7) is 0. The van der Waals surface area contributed by atoms with Crippen LogP contribution in [-0.2, 0) is 14.4 Å². The van der Waals surface area contributed by atoms with Crippen molar-refractivity contribution in [2.75, 3.05) is 0 Å². The first kappa shape index (κ1) is 15.4. The van der Waals surface area contributed by atoms with Gasteiger partial charge in [0.05, 0.1) is 6.42 Å². The van der Waals surface area contributed by atoms with Crippen LogP contribution in [0.5, 0.6) is 0 Å². The second-order valence-electron chi connectivity index (χ2n) is 5.04. The molecule has 108 valence electrons. The third-order valence-corrected chi connectivity index (χ3v) is 3.92. The predicted molar refractivity (Wildman–Crippen MR) is 62.6 cm³/mol. The molecule has 1 atom stereocenters. The molecule has 19 heavy (non-hydrogen) atoms. The van der Waals surface area contributed by atoms with Crippen LogP contribution in [0.4, 0.5) is 0 Å². The summed E-state index contributed by atoms with van der Waals surface area (Å²) in [5.74, 6) is -4.77. The van der Waals surface area contributed by atoms with Crippen LogP contribution in [0.15, 0.2) is 0 Å². The highest BCUT2D eigenvalue weighted by molar-refractivity contribution is 5.92. The van der Waals surface area contributed by atoms with Gasteiger partial charge >= 0.3 is 17.9 Å². The average molecular weight is 274 g/mol. The number of aliphatic carboxylic acids is 3. The van der Waals surface area contributed by atoms with Gasteiger partial charge in [-0.25, -0.2) is 4.79 Å². The number of carboxylic acid groups (broad SMARTS) is 3. The van der Waals surface area contributed by atoms with Gasteiger partial charge in [-0.2, -0.15) is 0 Å². The molecule has 0 heterocycles. The van der Waals surface area contributed by atoms with E-state index >= 15 is 0 Å². The Labute approximate surface area is 109 Å². The van der Waals surface area contributed by atoms with Crippen LogP contribution in [0.25, 0.3) is 0 Å². The molecule has 4 N–H and O–H groups in total. The summed E-state index contributed by atoms with van der Waals surface area (Å²) < 4.78 is 0. The van der Waals surface area contributed by atoms with Crippen molar-refractivity contribution in [1.29, 1.82) is 0 Å². The maximum Gasteiger partial charge on any atom is 0.337 e. The SMILES string of the molecule is O=C(O)CC(O)(C(=O)O)C1(C(=O)O)CCCCCC1. The van der Waals surface area contributed by atoms with Crippen LogP contribution in [-0.4, -0.2) is 43.9 Å². The van der Waals surface area contributed by atoms with Gasteiger partial charge in [0.2, 0.25) is 0 Å². The number of hydrogen-bond acceptors (Lipinski definition) is 4. The molecule has 1 fully saturated rings. The van der Waals surface area contributed by atoms with Crippen LogP contribution in [0.3, 0.4) is 0 Å². The van der Waals surface area contributed by atoms with Crippen molar-refractivity contribution in [3.8, 4) is 0 Å². The molecule has 0 bridgehead atoms. The van der Waals surface area contributed by atoms with Crippen LogP contribution >= 0.6 is 0 Å². The van der Waals surface area contributed by atoms with Gasteiger partial charge in [0.1, 0.15) is 5.41 Å². The van der Waals surface area contributed by atoms with E-state index in [1.54, 1.807) is 0 Å². The number of aliphatic hydroxyl groups is 1. The lowest BCUT2D eigenvalue weighted by Gasteiger charge is -2.40. The summed E-state index contributed by atoms with van der Waals surface area (Å²) in [4.78, 5) is 33.6. The monoisotopic (exact) mass is 274 g/mol. The Morgan fingerprint density at radius 3 is 1.74 bits per heavy atom. The number of rotatable bonds is 5. The molecule has 0 spiro atoms. The van der Waals surface area contributed by atoms with Crippen LogP contribution in [0.2, 0.25) is 0 Å². The van der Waals surface area contributed by atoms with E-state index in [1.165, 1.54) is 0 Å². The van der Waals surface area contributed by atoms with E-state index in [-0.39, 0.29) is 12.8 Å². The van der Waals surface area contributed by atoms with Gasteiger partial charge in [-0.1, -0.05) is 25.7 Å². The maximum atomic E-state index is 11.5. The highest BCUT2D eigenvalue weighted by Crippen LogP contribution is 2.46. The van der Waals surface area contributed by atoms with E-state index < -0.39 is 35.3 Å². The Morgan fingerprint density at radius 2 is 1.42 bits per heavy atom. The molecular weight excluding hydrogens is 256 g/mol. The fourth-order valence-electron chi connectivity index (χ4n) is 2.80. The fraction of sp³-hybridized carbons (Fsp3) is 0.750. The molecule has 0 aromatic heterocycles. The molecule has 7 nitrogen and oxygen atoms in total. The molecule has 1 rings (SSSR count). The van der Waals surface area contributed by atoms with E-state index in [4.69, 9.17) is 10.2 Å². The van der Waals surface area contributed by atoms with E-state index in [0.717, 1.165) is 12.8 Å². The van der Waals surface area contributed by atoms with E-state index in [0.29, 0.717) is 12.8 Å². The molecule has 0 aromatic rings. The van der Waals surface area contributed by atoms with Crippen molar-refractivity contribution in [2.24, 2.45) is 5.41 Å². The van der Waals surface area contributed by atoms with E-state index in [2.05, 4.69) is 0 Å². The Bertz CT molecular complexity index is 382. The molecule has 0 radical (unpaired) electrons. The third-order valence-electron chi connectivity index (χ3n) is 3.92. The summed E-state index contributed by atoms with van der Waals surface area (Å²) in [7, 11) is 0. The van der Waals surface area contributed by atoms with Gasteiger partial charge in [-0.3, -0.25) is 9.59 Å². The normalized spacial score (nSPS) is 21.9. The Balaban J connectivity index is 3.29. The number of hydrogen-bond donors (Lipinski definition) is 4. The van der Waals surface area contributed by atoms with Gasteiger partial charge < -0.3 is 20.4 Å². The molecule has 1 aliphatic carbocycles. The number of carbonyl (C=O) groups is 3. The second kappa shape index (κ2) is 5.56. The summed E-state index contributed by atoms with van der Waals surface area (Å²) >= 11 is 0. The van der Waals surface area contributed by atoms with Gasteiger partial charge in [-0.05, 0) is 12.8 Å². The van der Waals surface area contributed by atoms with E-state index in [1.807, 2.05) is 0 Å². The van der Waals surface area contributed by atoms with Crippen molar-refractivity contribution < 1.29 is 34.8 Å². The summed E-state index contributed by atoms with van der Waals surface area (Å²) in [6, 6.07) is 0. The van der Waals surface area contributed by atoms with Crippen LogP contribution in [0.1, 0.15) is 44.9 Å². The molecule has 1 aliphatic rings. The van der Waals surface area contributed by atoms with Crippen LogP contribution < -0.4 is 0 Å². The van der Waals surface area contributed by atoms with Crippen molar-refractivity contribution >= 4 is 17.9 Å². The molecule has 1 unspecified atom stereocenters. The highest BCUT2D eigenvalue weighted by atomic mass is 16.4. The molecule has 0 saturated heterocycles. The quantitative estimate of drug-likeness (QED) is 0.542. The third kappa shape index (κ3) is 2.70. The van der Waals surface area contributed by atoms with E-state index in [9.17, 15) is 24.6 Å². The van der Waals surface area contributed by atoms with Gasteiger partial charge in [0, 0.05) is 0 Å². The fourth-order valence-corrected chi connectivity index (χ4v) is 2.80. The highest BCUT2D eigenvalue weighted by Gasteiger charge is 2.61. The Hall–Kier alpha value is -1.63. The Kier molecular flexibility index (Phi) is 4.52. The molecule has 0 aromatic carbocycles. The average Bonchev–Trinajstić information content (AvgIpc) is 2.53. The lowest BCUT2D eigenvalue weighted by molar-refractivity contribution is -0.195. The second-order valence-corrected chi connectivity index (χ2v) is 5.04. The lowest BCUT2D eigenvalue weighted by Crippen LogP contribution is -2.59. The summed E-state index contributed by atoms with van der Waals surface area (Å²) in [6.07, 6.45) is 1.24. The first-order valence-corrected chi connectivity index (χ1v) is 6.17. The molecular formula is C12H18O7. The minimum atomic E-state index is -2.78. The van der Waals surface area contributed by atoms with Crippen molar-refractivity contribution in [1.82, 2.24) is 0 Å². The van der Waals surface area contributed by atoms with Gasteiger partial charge in [0.25, 0.3) is 0 Å².